The highest BCUT2D eigenvalue weighted by atomic mass is 19.4. The average molecular weight is 395 g/mol. The molecule has 0 radical (unpaired) electrons. The van der Waals surface area contributed by atoms with Crippen molar-refractivity contribution in [3.05, 3.63) is 71.3 Å². The van der Waals surface area contributed by atoms with E-state index in [-0.39, 0.29) is 18.6 Å². The van der Waals surface area contributed by atoms with Gasteiger partial charge in [-0.1, -0.05) is 55.5 Å². The van der Waals surface area contributed by atoms with E-state index >= 15 is 0 Å². The maximum Gasteiger partial charge on any atom is 0.416 e. The molecule has 0 aliphatic heterocycles. The Morgan fingerprint density at radius 2 is 1.68 bits per heavy atom. The molecule has 150 valence electrons. The fourth-order valence-corrected chi connectivity index (χ4v) is 2.79. The van der Waals surface area contributed by atoms with Crippen LogP contribution < -0.4 is 5.32 Å². The number of halogens is 3. The fourth-order valence-electron chi connectivity index (χ4n) is 2.79. The van der Waals surface area contributed by atoms with Gasteiger partial charge >= 0.3 is 18.2 Å². The van der Waals surface area contributed by atoms with Crippen LogP contribution in [0.4, 0.5) is 18.0 Å². The number of rotatable bonds is 7. The van der Waals surface area contributed by atoms with Crippen LogP contribution in [0.1, 0.15) is 36.0 Å². The highest BCUT2D eigenvalue weighted by Gasteiger charge is 2.35. The van der Waals surface area contributed by atoms with Gasteiger partial charge < -0.3 is 15.2 Å². The van der Waals surface area contributed by atoms with E-state index in [1.165, 1.54) is 25.1 Å². The Bertz CT molecular complexity index is 809. The zero-order valence-electron chi connectivity index (χ0n) is 15.1. The summed E-state index contributed by atoms with van der Waals surface area (Å²) in [6, 6.07) is 12.4. The first-order valence-electron chi connectivity index (χ1n) is 8.54. The number of ether oxygens (including phenoxy) is 1. The van der Waals surface area contributed by atoms with Crippen LogP contribution in [0.25, 0.3) is 0 Å². The minimum absolute atomic E-state index is 0.0271. The number of hydrogen-bond donors (Lipinski definition) is 2. The average Bonchev–Trinajstić information content (AvgIpc) is 2.66. The SMILES string of the molecule is C[C@@H](C[C@@H](NC(=O)OCc1ccccc1)C(=O)O)c1ccccc1C(F)(F)F. The molecule has 0 spiro atoms. The molecule has 2 aromatic rings. The third kappa shape index (κ3) is 6.00. The van der Waals surface area contributed by atoms with Gasteiger partial charge in [-0.15, -0.1) is 0 Å². The summed E-state index contributed by atoms with van der Waals surface area (Å²) in [5.74, 6) is -2.11. The molecular weight excluding hydrogens is 375 g/mol. The molecule has 0 aliphatic carbocycles. The van der Waals surface area contributed by atoms with Gasteiger partial charge in [0.05, 0.1) is 5.56 Å². The first-order chi connectivity index (χ1) is 13.2. The Hall–Kier alpha value is -3.03. The first-order valence-corrected chi connectivity index (χ1v) is 8.54. The molecule has 5 nitrogen and oxygen atoms in total. The summed E-state index contributed by atoms with van der Waals surface area (Å²) >= 11 is 0. The molecule has 2 aromatic carbocycles. The monoisotopic (exact) mass is 395 g/mol. The predicted molar refractivity (Wildman–Crippen MR) is 95.7 cm³/mol. The topological polar surface area (TPSA) is 75.6 Å². The largest absolute Gasteiger partial charge is 0.480 e. The Morgan fingerprint density at radius 3 is 2.29 bits per heavy atom. The van der Waals surface area contributed by atoms with E-state index in [2.05, 4.69) is 5.32 Å². The molecule has 0 saturated carbocycles. The number of hydrogen-bond acceptors (Lipinski definition) is 3. The maximum absolute atomic E-state index is 13.2. The summed E-state index contributed by atoms with van der Waals surface area (Å²) in [7, 11) is 0. The molecule has 0 bridgehead atoms. The van der Waals surface area contributed by atoms with Crippen molar-refractivity contribution in [2.45, 2.75) is 38.1 Å². The second kappa shape index (κ2) is 9.25. The quantitative estimate of drug-likeness (QED) is 0.720. The zero-order valence-corrected chi connectivity index (χ0v) is 15.1. The number of carboxylic acids is 1. The van der Waals surface area contributed by atoms with Crippen molar-refractivity contribution in [1.29, 1.82) is 0 Å². The van der Waals surface area contributed by atoms with Gasteiger partial charge in [0.2, 0.25) is 0 Å². The number of alkyl carbamates (subject to hydrolysis) is 1. The molecule has 0 aromatic heterocycles. The normalized spacial score (nSPS) is 13.4. The molecule has 28 heavy (non-hydrogen) atoms. The number of aliphatic carboxylic acids is 1. The van der Waals surface area contributed by atoms with E-state index in [0.29, 0.717) is 0 Å². The van der Waals surface area contributed by atoms with Crippen molar-refractivity contribution < 1.29 is 32.6 Å². The van der Waals surface area contributed by atoms with Gasteiger partial charge in [-0.2, -0.15) is 13.2 Å². The number of nitrogens with one attached hydrogen (secondary N) is 1. The third-order valence-electron chi connectivity index (χ3n) is 4.19. The minimum Gasteiger partial charge on any atom is -0.480 e. The van der Waals surface area contributed by atoms with Crippen molar-refractivity contribution in [2.24, 2.45) is 0 Å². The Balaban J connectivity index is 2.03. The van der Waals surface area contributed by atoms with E-state index in [4.69, 9.17) is 4.74 Å². The summed E-state index contributed by atoms with van der Waals surface area (Å²) in [5, 5.41) is 11.5. The van der Waals surface area contributed by atoms with Crippen LogP contribution in [0.15, 0.2) is 54.6 Å². The first kappa shape index (κ1) is 21.3. The summed E-state index contributed by atoms with van der Waals surface area (Å²) in [5.41, 5.74) is -0.129. The number of carboxylic acid groups (broad SMARTS) is 1. The molecule has 2 N–H and O–H groups in total. The van der Waals surface area contributed by atoms with Gasteiger partial charge in [0.25, 0.3) is 0 Å². The Labute approximate surface area is 160 Å². The number of carbonyl (C=O) groups excluding carboxylic acids is 1. The van der Waals surface area contributed by atoms with Crippen molar-refractivity contribution in [3.8, 4) is 0 Å². The third-order valence-corrected chi connectivity index (χ3v) is 4.19. The standard InChI is InChI=1S/C20H20F3NO4/c1-13(15-9-5-6-10-16(15)20(21,22)23)11-17(18(25)26)24-19(27)28-12-14-7-3-2-4-8-14/h2-10,13,17H,11-12H2,1H3,(H,24,27)(H,25,26)/t13-,17+/m0/s1. The van der Waals surface area contributed by atoms with Crippen LogP contribution in [0.3, 0.4) is 0 Å². The second-order valence-electron chi connectivity index (χ2n) is 6.32. The van der Waals surface area contributed by atoms with Gasteiger partial charge in [-0.05, 0) is 29.5 Å². The van der Waals surface area contributed by atoms with Crippen molar-refractivity contribution >= 4 is 12.1 Å². The summed E-state index contributed by atoms with van der Waals surface area (Å²) in [6.07, 6.45) is -5.72. The molecule has 0 fully saturated rings. The number of amides is 1. The Kier molecular flexibility index (Phi) is 7.03. The smallest absolute Gasteiger partial charge is 0.416 e. The molecule has 0 saturated heterocycles. The van der Waals surface area contributed by atoms with E-state index in [1.807, 2.05) is 0 Å². The lowest BCUT2D eigenvalue weighted by atomic mass is 9.90. The molecular formula is C20H20F3NO4. The Morgan fingerprint density at radius 1 is 1.07 bits per heavy atom. The fraction of sp³-hybridized carbons (Fsp3) is 0.300. The van der Waals surface area contributed by atoms with E-state index < -0.39 is 35.8 Å². The van der Waals surface area contributed by atoms with Gasteiger partial charge in [0.1, 0.15) is 12.6 Å². The van der Waals surface area contributed by atoms with Crippen LogP contribution in [-0.2, 0) is 22.3 Å². The molecule has 0 unspecified atom stereocenters. The zero-order chi connectivity index (χ0) is 20.7. The number of carbonyl (C=O) groups is 2. The van der Waals surface area contributed by atoms with Gasteiger partial charge in [-0.25, -0.2) is 9.59 Å². The molecule has 2 atom stereocenters. The summed E-state index contributed by atoms with van der Waals surface area (Å²) in [6.45, 7) is 1.43. The summed E-state index contributed by atoms with van der Waals surface area (Å²) in [4.78, 5) is 23.4. The number of alkyl halides is 3. The van der Waals surface area contributed by atoms with Crippen LogP contribution in [-0.4, -0.2) is 23.2 Å². The predicted octanol–water partition coefficient (Wildman–Crippen LogP) is 4.58. The van der Waals surface area contributed by atoms with Crippen LogP contribution in [0.2, 0.25) is 0 Å². The van der Waals surface area contributed by atoms with Gasteiger partial charge in [-0.3, -0.25) is 0 Å². The molecule has 1 amide bonds. The highest BCUT2D eigenvalue weighted by Crippen LogP contribution is 2.36. The van der Waals surface area contributed by atoms with Crippen molar-refractivity contribution in [3.63, 3.8) is 0 Å². The summed E-state index contributed by atoms with van der Waals surface area (Å²) < 4.78 is 44.5. The van der Waals surface area contributed by atoms with E-state index in [1.54, 1.807) is 30.3 Å². The second-order valence-corrected chi connectivity index (χ2v) is 6.32. The van der Waals surface area contributed by atoms with Crippen molar-refractivity contribution in [2.75, 3.05) is 0 Å². The number of benzene rings is 2. The molecule has 0 heterocycles. The van der Waals surface area contributed by atoms with Gasteiger partial charge in [0, 0.05) is 0 Å². The minimum atomic E-state index is -4.55. The highest BCUT2D eigenvalue weighted by molar-refractivity contribution is 5.80. The van der Waals surface area contributed by atoms with Crippen molar-refractivity contribution in [1.82, 2.24) is 5.32 Å². The maximum atomic E-state index is 13.2. The lowest BCUT2D eigenvalue weighted by molar-refractivity contribution is -0.139. The molecule has 0 aliphatic rings. The van der Waals surface area contributed by atoms with Gasteiger partial charge in [0.15, 0.2) is 0 Å². The van der Waals surface area contributed by atoms with Crippen LogP contribution in [0.5, 0.6) is 0 Å². The van der Waals surface area contributed by atoms with E-state index in [0.717, 1.165) is 11.6 Å². The molecule has 8 heteroatoms. The van der Waals surface area contributed by atoms with Crippen LogP contribution >= 0.6 is 0 Å². The van der Waals surface area contributed by atoms with Crippen LogP contribution in [0, 0.1) is 0 Å². The lowest BCUT2D eigenvalue weighted by Crippen LogP contribution is -2.41. The molecule has 2 rings (SSSR count). The lowest BCUT2D eigenvalue weighted by Gasteiger charge is -2.22. The van der Waals surface area contributed by atoms with E-state index in [9.17, 15) is 27.9 Å².